The molecule has 0 unspecified atom stereocenters. The van der Waals surface area contributed by atoms with Crippen molar-refractivity contribution in [3.05, 3.63) is 59.2 Å². The third-order valence-corrected chi connectivity index (χ3v) is 4.59. The van der Waals surface area contributed by atoms with Crippen molar-refractivity contribution in [1.82, 2.24) is 5.32 Å². The predicted octanol–water partition coefficient (Wildman–Crippen LogP) is 3.15. The van der Waals surface area contributed by atoms with Gasteiger partial charge in [0, 0.05) is 6.54 Å². The van der Waals surface area contributed by atoms with Gasteiger partial charge in [0.15, 0.2) is 11.5 Å². The lowest BCUT2D eigenvalue weighted by atomic mass is 9.82. The summed E-state index contributed by atoms with van der Waals surface area (Å²) < 4.78 is 10.7. The molecule has 118 valence electrons. The van der Waals surface area contributed by atoms with Crippen LogP contribution in [0.25, 0.3) is 0 Å². The van der Waals surface area contributed by atoms with Crippen LogP contribution in [0.4, 0.5) is 0 Å². The van der Waals surface area contributed by atoms with Crippen molar-refractivity contribution in [2.45, 2.75) is 31.7 Å². The van der Waals surface area contributed by atoms with E-state index < -0.39 is 0 Å². The average molecular weight is 309 g/mol. The number of hydrogen-bond acceptors (Lipinski definition) is 3. The number of aryl methyl sites for hydroxylation is 1. The van der Waals surface area contributed by atoms with E-state index in [9.17, 15) is 4.79 Å². The Kier molecular flexibility index (Phi) is 3.66. The van der Waals surface area contributed by atoms with Crippen LogP contribution in [0, 0.1) is 0 Å². The monoisotopic (exact) mass is 309 g/mol. The summed E-state index contributed by atoms with van der Waals surface area (Å²) in [7, 11) is 0. The summed E-state index contributed by atoms with van der Waals surface area (Å²) in [6, 6.07) is 14.1. The van der Waals surface area contributed by atoms with Gasteiger partial charge in [0.05, 0.1) is 5.92 Å². The molecule has 0 saturated carbocycles. The van der Waals surface area contributed by atoms with Crippen molar-refractivity contribution < 1.29 is 14.3 Å². The summed E-state index contributed by atoms with van der Waals surface area (Å²) in [5, 5.41) is 3.07. The van der Waals surface area contributed by atoms with E-state index in [1.807, 2.05) is 30.3 Å². The van der Waals surface area contributed by atoms with Gasteiger partial charge in [-0.2, -0.15) is 0 Å². The number of hydrogen-bond donors (Lipinski definition) is 1. The van der Waals surface area contributed by atoms with E-state index in [0.717, 1.165) is 36.3 Å². The van der Waals surface area contributed by atoms with Gasteiger partial charge >= 0.3 is 0 Å². The molecule has 4 heteroatoms. The van der Waals surface area contributed by atoms with Crippen molar-refractivity contribution in [2.75, 3.05) is 6.79 Å². The number of carbonyl (C=O) groups excluding carboxylic acids is 1. The van der Waals surface area contributed by atoms with Gasteiger partial charge in [0.2, 0.25) is 12.7 Å². The molecule has 23 heavy (non-hydrogen) atoms. The zero-order valence-corrected chi connectivity index (χ0v) is 12.9. The quantitative estimate of drug-likeness (QED) is 0.947. The van der Waals surface area contributed by atoms with Crippen molar-refractivity contribution in [3.63, 3.8) is 0 Å². The second kappa shape index (κ2) is 5.95. The molecule has 4 rings (SSSR count). The van der Waals surface area contributed by atoms with Gasteiger partial charge in [-0.3, -0.25) is 4.79 Å². The number of benzene rings is 2. The first-order chi connectivity index (χ1) is 11.3. The van der Waals surface area contributed by atoms with Crippen LogP contribution in [0.1, 0.15) is 35.4 Å². The van der Waals surface area contributed by atoms with Crippen LogP contribution in [-0.2, 0) is 17.8 Å². The van der Waals surface area contributed by atoms with Crippen LogP contribution in [0.2, 0.25) is 0 Å². The summed E-state index contributed by atoms with van der Waals surface area (Å²) in [6.07, 6.45) is 3.06. The highest BCUT2D eigenvalue weighted by Crippen LogP contribution is 2.33. The highest BCUT2D eigenvalue weighted by atomic mass is 16.7. The molecule has 0 spiro atoms. The second-order valence-corrected chi connectivity index (χ2v) is 6.05. The minimum Gasteiger partial charge on any atom is -0.454 e. The smallest absolute Gasteiger partial charge is 0.231 e. The molecule has 1 amide bonds. The van der Waals surface area contributed by atoms with Crippen molar-refractivity contribution in [3.8, 4) is 11.5 Å². The summed E-state index contributed by atoms with van der Waals surface area (Å²) in [4.78, 5) is 12.6. The molecule has 1 heterocycles. The number of fused-ring (bicyclic) bond motifs is 2. The van der Waals surface area contributed by atoms with E-state index in [1.54, 1.807) is 0 Å². The third-order valence-electron chi connectivity index (χ3n) is 4.59. The van der Waals surface area contributed by atoms with Crippen LogP contribution in [-0.4, -0.2) is 12.7 Å². The van der Waals surface area contributed by atoms with Crippen LogP contribution < -0.4 is 14.8 Å². The Balaban J connectivity index is 1.45. The van der Waals surface area contributed by atoms with Gasteiger partial charge in [-0.1, -0.05) is 30.3 Å². The van der Waals surface area contributed by atoms with Crippen LogP contribution in [0.15, 0.2) is 42.5 Å². The predicted molar refractivity (Wildman–Crippen MR) is 86.5 cm³/mol. The lowest BCUT2D eigenvalue weighted by molar-refractivity contribution is -0.123. The molecule has 2 aromatic rings. The fourth-order valence-electron chi connectivity index (χ4n) is 3.39. The Morgan fingerprint density at radius 3 is 2.96 bits per heavy atom. The molecule has 2 aromatic carbocycles. The number of carbonyl (C=O) groups is 1. The molecule has 0 bridgehead atoms. The molecular formula is C19H19NO3. The normalized spacial score (nSPS) is 18.3. The molecule has 2 aliphatic rings. The first kappa shape index (κ1) is 14.1. The minimum absolute atomic E-state index is 0.0334. The summed E-state index contributed by atoms with van der Waals surface area (Å²) >= 11 is 0. The van der Waals surface area contributed by atoms with Crippen LogP contribution in [0.3, 0.4) is 0 Å². The Morgan fingerprint density at radius 2 is 2.00 bits per heavy atom. The first-order valence-corrected chi connectivity index (χ1v) is 8.05. The maximum Gasteiger partial charge on any atom is 0.231 e. The second-order valence-electron chi connectivity index (χ2n) is 6.05. The van der Waals surface area contributed by atoms with Gasteiger partial charge in [0.25, 0.3) is 0 Å². The Morgan fingerprint density at radius 1 is 1.13 bits per heavy atom. The zero-order chi connectivity index (χ0) is 15.6. The summed E-state index contributed by atoms with van der Waals surface area (Å²) in [5.74, 6) is 1.59. The maximum absolute atomic E-state index is 12.6. The van der Waals surface area contributed by atoms with Crippen molar-refractivity contribution in [1.29, 1.82) is 0 Å². The molecule has 1 atom stereocenters. The van der Waals surface area contributed by atoms with Gasteiger partial charge < -0.3 is 14.8 Å². The van der Waals surface area contributed by atoms with Gasteiger partial charge in [-0.25, -0.2) is 0 Å². The standard InChI is InChI=1S/C19H19NO3/c21-19(16-7-3-5-14-4-1-2-6-15(14)16)20-11-13-8-9-17-18(10-13)23-12-22-17/h1-2,4,6,8-10,16H,3,5,7,11-12H2,(H,20,21)/t16-/m0/s1. The topological polar surface area (TPSA) is 47.6 Å². The SMILES string of the molecule is O=C(NCc1ccc2c(c1)OCO2)[C@H]1CCCc2ccccc21. The van der Waals surface area contributed by atoms with Gasteiger partial charge in [0.1, 0.15) is 0 Å². The number of nitrogens with one attached hydrogen (secondary N) is 1. The molecule has 1 aliphatic carbocycles. The fraction of sp³-hybridized carbons (Fsp3) is 0.316. The third kappa shape index (κ3) is 2.77. The zero-order valence-electron chi connectivity index (χ0n) is 12.9. The molecule has 4 nitrogen and oxygen atoms in total. The largest absolute Gasteiger partial charge is 0.454 e. The molecule has 0 aromatic heterocycles. The van der Waals surface area contributed by atoms with E-state index in [0.29, 0.717) is 6.54 Å². The Labute approximate surface area is 135 Å². The van der Waals surface area contributed by atoms with Gasteiger partial charge in [-0.15, -0.1) is 0 Å². The molecule has 0 saturated heterocycles. The van der Waals surface area contributed by atoms with E-state index in [2.05, 4.69) is 17.4 Å². The molecule has 0 radical (unpaired) electrons. The Hall–Kier alpha value is -2.49. The maximum atomic E-state index is 12.6. The number of ether oxygens (including phenoxy) is 2. The highest BCUT2D eigenvalue weighted by molar-refractivity contribution is 5.84. The summed E-state index contributed by atoms with van der Waals surface area (Å²) in [6.45, 7) is 0.776. The molecule has 1 aliphatic heterocycles. The summed E-state index contributed by atoms with van der Waals surface area (Å²) in [5.41, 5.74) is 3.51. The van der Waals surface area contributed by atoms with E-state index >= 15 is 0 Å². The van der Waals surface area contributed by atoms with Crippen LogP contribution >= 0.6 is 0 Å². The lowest BCUT2D eigenvalue weighted by Crippen LogP contribution is -2.31. The molecular weight excluding hydrogens is 290 g/mol. The minimum atomic E-state index is -0.0334. The Bertz CT molecular complexity index is 741. The van der Waals surface area contributed by atoms with E-state index in [4.69, 9.17) is 9.47 Å². The average Bonchev–Trinajstić information content (AvgIpc) is 3.07. The molecule has 0 fully saturated rings. The number of rotatable bonds is 3. The van der Waals surface area contributed by atoms with E-state index in [1.165, 1.54) is 11.1 Å². The highest BCUT2D eigenvalue weighted by Gasteiger charge is 2.26. The molecule has 1 N–H and O–H groups in total. The van der Waals surface area contributed by atoms with Crippen molar-refractivity contribution in [2.24, 2.45) is 0 Å². The van der Waals surface area contributed by atoms with E-state index in [-0.39, 0.29) is 18.6 Å². The number of amides is 1. The van der Waals surface area contributed by atoms with Crippen molar-refractivity contribution >= 4 is 5.91 Å². The van der Waals surface area contributed by atoms with Gasteiger partial charge in [-0.05, 0) is 48.1 Å². The van der Waals surface area contributed by atoms with Crippen LogP contribution in [0.5, 0.6) is 11.5 Å². The lowest BCUT2D eigenvalue weighted by Gasteiger charge is -2.24. The fourth-order valence-corrected chi connectivity index (χ4v) is 3.39. The first-order valence-electron chi connectivity index (χ1n) is 8.05.